The number of rotatable bonds is 8. The minimum Gasteiger partial charge on any atom is -0.480 e. The first kappa shape index (κ1) is 17.4. The molecule has 0 aliphatic carbocycles. The Labute approximate surface area is 123 Å². The van der Waals surface area contributed by atoms with Crippen molar-refractivity contribution in [3.63, 3.8) is 0 Å². The Morgan fingerprint density at radius 1 is 1.35 bits per heavy atom. The number of aliphatic carboxylic acids is 1. The van der Waals surface area contributed by atoms with Gasteiger partial charge in [-0.1, -0.05) is 20.3 Å². The van der Waals surface area contributed by atoms with Gasteiger partial charge in [0.25, 0.3) is 0 Å². The quantitative estimate of drug-likeness (QED) is 0.719. The van der Waals surface area contributed by atoms with Crippen LogP contribution in [0.15, 0.2) is 0 Å². The molecule has 0 aromatic heterocycles. The van der Waals surface area contributed by atoms with E-state index in [1.54, 1.807) is 7.05 Å². The molecule has 1 heterocycles. The summed E-state index contributed by atoms with van der Waals surface area (Å²) in [5.74, 6) is 0.176. The highest BCUT2D eigenvalue weighted by Gasteiger charge is 2.34. The fourth-order valence-electron chi connectivity index (χ4n) is 3.30. The summed E-state index contributed by atoms with van der Waals surface area (Å²) in [6, 6.07) is 0. The van der Waals surface area contributed by atoms with Crippen molar-refractivity contribution < 1.29 is 9.90 Å². The molecule has 2 unspecified atom stereocenters. The predicted octanol–water partition coefficient (Wildman–Crippen LogP) is 2.73. The summed E-state index contributed by atoms with van der Waals surface area (Å²) < 4.78 is 0. The minimum absolute atomic E-state index is 0.636. The molecule has 0 radical (unpaired) electrons. The summed E-state index contributed by atoms with van der Waals surface area (Å²) in [7, 11) is 1.76. The lowest BCUT2D eigenvalue weighted by molar-refractivity contribution is -0.145. The molecule has 4 nitrogen and oxygen atoms in total. The van der Waals surface area contributed by atoms with Crippen molar-refractivity contribution in [3.05, 3.63) is 0 Å². The summed E-state index contributed by atoms with van der Waals surface area (Å²) in [6.45, 7) is 7.64. The molecule has 1 saturated heterocycles. The molecular formula is C16H32N2O2. The highest BCUT2D eigenvalue weighted by molar-refractivity contribution is 5.78. The van der Waals surface area contributed by atoms with Gasteiger partial charge in [-0.05, 0) is 71.1 Å². The molecule has 118 valence electrons. The van der Waals surface area contributed by atoms with Crippen molar-refractivity contribution >= 4 is 5.97 Å². The van der Waals surface area contributed by atoms with Gasteiger partial charge in [0, 0.05) is 0 Å². The third-order valence-electron chi connectivity index (χ3n) is 5.09. The van der Waals surface area contributed by atoms with E-state index >= 15 is 0 Å². The first-order valence-electron chi connectivity index (χ1n) is 8.22. The number of hydrogen-bond donors (Lipinski definition) is 2. The average Bonchev–Trinajstić information content (AvgIpc) is 2.68. The van der Waals surface area contributed by atoms with Crippen LogP contribution in [-0.4, -0.2) is 48.2 Å². The lowest BCUT2D eigenvalue weighted by Crippen LogP contribution is -2.50. The Bertz CT molecular complexity index is 290. The SMILES string of the molecule is CCC1CCCN(CCCC(CC)(NC)C(=O)O)CC1. The number of carboxylic acids is 1. The van der Waals surface area contributed by atoms with Crippen LogP contribution in [0, 0.1) is 5.92 Å². The topological polar surface area (TPSA) is 52.6 Å². The molecule has 20 heavy (non-hydrogen) atoms. The van der Waals surface area contributed by atoms with Crippen molar-refractivity contribution in [2.24, 2.45) is 5.92 Å². The molecule has 0 saturated carbocycles. The van der Waals surface area contributed by atoms with Gasteiger partial charge in [-0.2, -0.15) is 0 Å². The van der Waals surface area contributed by atoms with Crippen LogP contribution in [0.5, 0.6) is 0 Å². The Balaban J connectivity index is 2.37. The highest BCUT2D eigenvalue weighted by atomic mass is 16.4. The van der Waals surface area contributed by atoms with E-state index in [1.165, 1.54) is 38.8 Å². The molecule has 1 aliphatic heterocycles. The lowest BCUT2D eigenvalue weighted by Gasteiger charge is -2.29. The molecule has 0 aromatic carbocycles. The van der Waals surface area contributed by atoms with Crippen LogP contribution < -0.4 is 5.32 Å². The van der Waals surface area contributed by atoms with Gasteiger partial charge in [-0.15, -0.1) is 0 Å². The number of nitrogens with zero attached hydrogens (tertiary/aromatic N) is 1. The smallest absolute Gasteiger partial charge is 0.323 e. The van der Waals surface area contributed by atoms with E-state index in [1.807, 2.05) is 6.92 Å². The van der Waals surface area contributed by atoms with Crippen LogP contribution in [0.2, 0.25) is 0 Å². The minimum atomic E-state index is -0.738. The van der Waals surface area contributed by atoms with Crippen LogP contribution in [0.1, 0.15) is 58.8 Å². The first-order valence-corrected chi connectivity index (χ1v) is 8.22. The molecule has 2 N–H and O–H groups in total. The third kappa shape index (κ3) is 4.74. The number of likely N-dealkylation sites (N-methyl/N-ethyl adjacent to an activating group) is 1. The van der Waals surface area contributed by atoms with Crippen molar-refractivity contribution in [2.45, 2.75) is 64.3 Å². The summed E-state index contributed by atoms with van der Waals surface area (Å²) >= 11 is 0. The maximum Gasteiger partial charge on any atom is 0.323 e. The average molecular weight is 284 g/mol. The van der Waals surface area contributed by atoms with Gasteiger partial charge in [-0.25, -0.2) is 0 Å². The van der Waals surface area contributed by atoms with Crippen molar-refractivity contribution in [1.82, 2.24) is 10.2 Å². The number of likely N-dealkylation sites (tertiary alicyclic amines) is 1. The van der Waals surface area contributed by atoms with Gasteiger partial charge >= 0.3 is 5.97 Å². The molecule has 0 aromatic rings. The largest absolute Gasteiger partial charge is 0.480 e. The predicted molar refractivity (Wildman–Crippen MR) is 83.0 cm³/mol. The number of carboxylic acid groups (broad SMARTS) is 1. The van der Waals surface area contributed by atoms with Crippen LogP contribution in [0.4, 0.5) is 0 Å². The fourth-order valence-corrected chi connectivity index (χ4v) is 3.30. The number of carbonyl (C=O) groups is 1. The molecule has 0 amide bonds. The Morgan fingerprint density at radius 3 is 2.65 bits per heavy atom. The van der Waals surface area contributed by atoms with Gasteiger partial charge in [0.05, 0.1) is 0 Å². The van der Waals surface area contributed by atoms with E-state index in [-0.39, 0.29) is 0 Å². The number of nitrogens with one attached hydrogen (secondary N) is 1. The molecule has 4 heteroatoms. The van der Waals surface area contributed by atoms with E-state index in [0.29, 0.717) is 12.8 Å². The summed E-state index contributed by atoms with van der Waals surface area (Å²) in [6.07, 6.45) is 7.56. The lowest BCUT2D eigenvalue weighted by atomic mass is 9.90. The fraction of sp³-hybridized carbons (Fsp3) is 0.938. The molecule has 0 bridgehead atoms. The summed E-state index contributed by atoms with van der Waals surface area (Å²) in [5, 5.41) is 12.4. The molecular weight excluding hydrogens is 252 g/mol. The third-order valence-corrected chi connectivity index (χ3v) is 5.09. The van der Waals surface area contributed by atoms with E-state index < -0.39 is 11.5 Å². The first-order chi connectivity index (χ1) is 9.57. The van der Waals surface area contributed by atoms with E-state index in [4.69, 9.17) is 0 Å². The Hall–Kier alpha value is -0.610. The molecule has 2 atom stereocenters. The zero-order valence-electron chi connectivity index (χ0n) is 13.5. The van der Waals surface area contributed by atoms with Gasteiger partial charge in [0.15, 0.2) is 0 Å². The van der Waals surface area contributed by atoms with Crippen molar-refractivity contribution in [3.8, 4) is 0 Å². The van der Waals surface area contributed by atoms with Gasteiger partial charge in [-0.3, -0.25) is 4.79 Å². The number of hydrogen-bond acceptors (Lipinski definition) is 3. The molecule has 1 fully saturated rings. The maximum atomic E-state index is 11.4. The second-order valence-corrected chi connectivity index (χ2v) is 6.14. The monoisotopic (exact) mass is 284 g/mol. The van der Waals surface area contributed by atoms with E-state index in [2.05, 4.69) is 17.1 Å². The Kier molecular flexibility index (Phi) is 7.52. The van der Waals surface area contributed by atoms with Gasteiger partial charge in [0.2, 0.25) is 0 Å². The van der Waals surface area contributed by atoms with Crippen LogP contribution in [0.3, 0.4) is 0 Å². The molecule has 1 aliphatic rings. The van der Waals surface area contributed by atoms with E-state index in [9.17, 15) is 9.90 Å². The second kappa shape index (κ2) is 8.63. The maximum absolute atomic E-state index is 11.4. The Morgan fingerprint density at radius 2 is 2.10 bits per heavy atom. The van der Waals surface area contributed by atoms with Gasteiger partial charge in [0.1, 0.15) is 5.54 Å². The molecule has 1 rings (SSSR count). The summed E-state index contributed by atoms with van der Waals surface area (Å²) in [5.41, 5.74) is -0.738. The van der Waals surface area contributed by atoms with Gasteiger partial charge < -0.3 is 15.3 Å². The second-order valence-electron chi connectivity index (χ2n) is 6.14. The van der Waals surface area contributed by atoms with Crippen LogP contribution >= 0.6 is 0 Å². The van der Waals surface area contributed by atoms with Crippen molar-refractivity contribution in [2.75, 3.05) is 26.7 Å². The van der Waals surface area contributed by atoms with Crippen LogP contribution in [-0.2, 0) is 4.79 Å². The highest BCUT2D eigenvalue weighted by Crippen LogP contribution is 2.22. The standard InChI is InChI=1S/C16H32N2O2/c1-4-14-8-6-11-18(13-9-14)12-7-10-16(5-2,17-3)15(19)20/h14,17H,4-13H2,1-3H3,(H,19,20). The van der Waals surface area contributed by atoms with Crippen LogP contribution in [0.25, 0.3) is 0 Å². The molecule has 0 spiro atoms. The van der Waals surface area contributed by atoms with Crippen molar-refractivity contribution in [1.29, 1.82) is 0 Å². The summed E-state index contributed by atoms with van der Waals surface area (Å²) in [4.78, 5) is 13.9. The van der Waals surface area contributed by atoms with E-state index in [0.717, 1.165) is 18.9 Å². The zero-order chi connectivity index (χ0) is 15.0. The normalized spacial score (nSPS) is 24.1. The zero-order valence-corrected chi connectivity index (χ0v) is 13.5.